The molecule has 0 saturated carbocycles. The molecule has 0 aliphatic rings. The highest BCUT2D eigenvalue weighted by Gasteiger charge is 2.13. The van der Waals surface area contributed by atoms with Crippen molar-refractivity contribution in [1.82, 2.24) is 9.55 Å². The molecule has 2 aromatic carbocycles. The lowest BCUT2D eigenvalue weighted by molar-refractivity contribution is -0.116. The zero-order chi connectivity index (χ0) is 19.4. The van der Waals surface area contributed by atoms with Crippen molar-refractivity contribution < 1.29 is 4.79 Å². The number of rotatable bonds is 5. The van der Waals surface area contributed by atoms with Crippen molar-refractivity contribution in [2.75, 3.05) is 11.6 Å². The van der Waals surface area contributed by atoms with E-state index in [4.69, 9.17) is 11.6 Å². The van der Waals surface area contributed by atoms with Gasteiger partial charge in [0.2, 0.25) is 5.91 Å². The molecule has 1 heterocycles. The molecule has 0 atom stereocenters. The molecule has 0 fully saturated rings. The van der Waals surface area contributed by atoms with Crippen LogP contribution in [0.3, 0.4) is 0 Å². The lowest BCUT2D eigenvalue weighted by atomic mass is 10.1. The maximum atomic E-state index is 12.6. The maximum Gasteiger partial charge on any atom is 0.255 e. The van der Waals surface area contributed by atoms with Gasteiger partial charge >= 0.3 is 0 Å². The second-order valence-corrected chi connectivity index (χ2v) is 7.11. The SMILES string of the molecule is CSc1nc(-c2ccccc2)cc(=O)n1CC(=O)Nc1ccc(C)c(Cl)c1. The van der Waals surface area contributed by atoms with Crippen molar-refractivity contribution in [2.24, 2.45) is 0 Å². The summed E-state index contributed by atoms with van der Waals surface area (Å²) in [6, 6.07) is 16.2. The summed E-state index contributed by atoms with van der Waals surface area (Å²) in [5.74, 6) is -0.318. The highest BCUT2D eigenvalue weighted by molar-refractivity contribution is 7.98. The standard InChI is InChI=1S/C20H18ClN3O2S/c1-13-8-9-15(10-16(13)21)22-18(25)12-24-19(26)11-17(23-20(24)27-2)14-6-4-3-5-7-14/h3-11H,12H2,1-2H3,(H,22,25). The molecule has 1 amide bonds. The molecular weight excluding hydrogens is 382 g/mol. The van der Waals surface area contributed by atoms with Crippen LogP contribution in [-0.2, 0) is 11.3 Å². The molecule has 0 aliphatic heterocycles. The van der Waals surface area contributed by atoms with Crippen LogP contribution in [0.4, 0.5) is 5.69 Å². The lowest BCUT2D eigenvalue weighted by Crippen LogP contribution is -2.29. The highest BCUT2D eigenvalue weighted by atomic mass is 35.5. The monoisotopic (exact) mass is 399 g/mol. The van der Waals surface area contributed by atoms with E-state index in [0.717, 1.165) is 11.1 Å². The molecule has 0 radical (unpaired) electrons. The van der Waals surface area contributed by atoms with Crippen molar-refractivity contribution in [1.29, 1.82) is 0 Å². The normalized spacial score (nSPS) is 10.6. The van der Waals surface area contributed by atoms with Gasteiger partial charge in [-0.3, -0.25) is 14.2 Å². The predicted molar refractivity (Wildman–Crippen MR) is 111 cm³/mol. The average molecular weight is 400 g/mol. The summed E-state index contributed by atoms with van der Waals surface area (Å²) in [5, 5.41) is 3.82. The fourth-order valence-corrected chi connectivity index (χ4v) is 3.30. The van der Waals surface area contributed by atoms with Gasteiger partial charge in [0.1, 0.15) is 6.54 Å². The van der Waals surface area contributed by atoms with Gasteiger partial charge in [0.05, 0.1) is 5.69 Å². The second-order valence-electron chi connectivity index (χ2n) is 5.93. The number of thioether (sulfide) groups is 1. The van der Waals surface area contributed by atoms with Gasteiger partial charge in [-0.2, -0.15) is 0 Å². The van der Waals surface area contributed by atoms with Crippen LogP contribution in [0.5, 0.6) is 0 Å². The summed E-state index contributed by atoms with van der Waals surface area (Å²) in [4.78, 5) is 29.5. The van der Waals surface area contributed by atoms with Crippen molar-refractivity contribution in [3.8, 4) is 11.3 Å². The minimum absolute atomic E-state index is 0.122. The summed E-state index contributed by atoms with van der Waals surface area (Å²) < 4.78 is 1.36. The van der Waals surface area contributed by atoms with Crippen molar-refractivity contribution in [3.05, 3.63) is 75.5 Å². The Labute approximate surface area is 166 Å². The molecule has 0 spiro atoms. The molecular formula is C20H18ClN3O2S. The summed E-state index contributed by atoms with van der Waals surface area (Å²) in [6.07, 6.45) is 1.82. The van der Waals surface area contributed by atoms with Gasteiger partial charge < -0.3 is 5.32 Å². The van der Waals surface area contributed by atoms with Gasteiger partial charge in [0, 0.05) is 22.3 Å². The van der Waals surface area contributed by atoms with Gasteiger partial charge in [0.15, 0.2) is 5.16 Å². The topological polar surface area (TPSA) is 64.0 Å². The Kier molecular flexibility index (Phi) is 5.98. The Bertz CT molecular complexity index is 1040. The number of aromatic nitrogens is 2. The number of nitrogens with one attached hydrogen (secondary N) is 1. The smallest absolute Gasteiger partial charge is 0.255 e. The van der Waals surface area contributed by atoms with Gasteiger partial charge in [0.25, 0.3) is 5.56 Å². The van der Waals surface area contributed by atoms with Crippen LogP contribution in [0.15, 0.2) is 64.5 Å². The van der Waals surface area contributed by atoms with E-state index >= 15 is 0 Å². The van der Waals surface area contributed by atoms with Crippen molar-refractivity contribution in [2.45, 2.75) is 18.6 Å². The van der Waals surface area contributed by atoms with E-state index in [9.17, 15) is 9.59 Å². The summed E-state index contributed by atoms with van der Waals surface area (Å²) >= 11 is 7.41. The average Bonchev–Trinajstić information content (AvgIpc) is 2.67. The summed E-state index contributed by atoms with van der Waals surface area (Å²) in [5.41, 5.74) is 2.69. The number of nitrogens with zero attached hydrogens (tertiary/aromatic N) is 2. The first-order valence-electron chi connectivity index (χ1n) is 8.25. The van der Waals surface area contributed by atoms with E-state index in [1.807, 2.05) is 49.6 Å². The Balaban J connectivity index is 1.84. The molecule has 0 unspecified atom stereocenters. The Hall–Kier alpha value is -2.57. The van der Waals surface area contributed by atoms with Crippen LogP contribution in [0, 0.1) is 6.92 Å². The first-order chi connectivity index (χ1) is 13.0. The van der Waals surface area contributed by atoms with E-state index in [1.54, 1.807) is 12.1 Å². The van der Waals surface area contributed by atoms with E-state index in [1.165, 1.54) is 22.4 Å². The second kappa shape index (κ2) is 8.41. The van der Waals surface area contributed by atoms with Gasteiger partial charge in [-0.25, -0.2) is 4.98 Å². The maximum absolute atomic E-state index is 12.6. The molecule has 0 aliphatic carbocycles. The first kappa shape index (κ1) is 19.2. The van der Waals surface area contributed by atoms with Crippen molar-refractivity contribution >= 4 is 35.0 Å². The summed E-state index contributed by atoms with van der Waals surface area (Å²) in [7, 11) is 0. The van der Waals surface area contributed by atoms with Crippen LogP contribution in [0.1, 0.15) is 5.56 Å². The fraction of sp³-hybridized carbons (Fsp3) is 0.150. The molecule has 138 valence electrons. The number of halogens is 1. The first-order valence-corrected chi connectivity index (χ1v) is 9.85. The molecule has 1 aromatic heterocycles. The van der Waals surface area contributed by atoms with Crippen LogP contribution in [0.2, 0.25) is 5.02 Å². The highest BCUT2D eigenvalue weighted by Crippen LogP contribution is 2.21. The number of benzene rings is 2. The number of carbonyl (C=O) groups is 1. The predicted octanol–water partition coefficient (Wildman–Crippen LogP) is 4.23. The third kappa shape index (κ3) is 4.59. The number of anilines is 1. The van der Waals surface area contributed by atoms with Crippen LogP contribution in [0.25, 0.3) is 11.3 Å². The molecule has 0 saturated heterocycles. The van der Waals surface area contributed by atoms with Crippen LogP contribution < -0.4 is 10.9 Å². The molecule has 27 heavy (non-hydrogen) atoms. The minimum atomic E-state index is -0.318. The van der Waals surface area contributed by atoms with Gasteiger partial charge in [-0.05, 0) is 30.9 Å². The van der Waals surface area contributed by atoms with Crippen LogP contribution >= 0.6 is 23.4 Å². The van der Waals surface area contributed by atoms with Gasteiger partial charge in [-0.1, -0.05) is 59.8 Å². The number of hydrogen-bond donors (Lipinski definition) is 1. The zero-order valence-electron chi connectivity index (χ0n) is 14.9. The lowest BCUT2D eigenvalue weighted by Gasteiger charge is -2.12. The third-order valence-electron chi connectivity index (χ3n) is 3.98. The van der Waals surface area contributed by atoms with E-state index < -0.39 is 0 Å². The number of aryl methyl sites for hydroxylation is 1. The Morgan fingerprint density at radius 2 is 1.93 bits per heavy atom. The van der Waals surface area contributed by atoms with E-state index in [-0.39, 0.29) is 18.0 Å². The van der Waals surface area contributed by atoms with E-state index in [0.29, 0.717) is 21.6 Å². The molecule has 7 heteroatoms. The van der Waals surface area contributed by atoms with Crippen molar-refractivity contribution in [3.63, 3.8) is 0 Å². The largest absolute Gasteiger partial charge is 0.324 e. The molecule has 0 bridgehead atoms. The fourth-order valence-electron chi connectivity index (χ4n) is 2.56. The number of carbonyl (C=O) groups excluding carboxylic acids is 1. The zero-order valence-corrected chi connectivity index (χ0v) is 16.5. The minimum Gasteiger partial charge on any atom is -0.324 e. The number of amides is 1. The third-order valence-corrected chi connectivity index (χ3v) is 5.07. The summed E-state index contributed by atoms with van der Waals surface area (Å²) in [6.45, 7) is 1.76. The molecule has 5 nitrogen and oxygen atoms in total. The van der Waals surface area contributed by atoms with Crippen LogP contribution in [-0.4, -0.2) is 21.7 Å². The van der Waals surface area contributed by atoms with E-state index in [2.05, 4.69) is 10.3 Å². The molecule has 1 N–H and O–H groups in total. The molecule has 3 rings (SSSR count). The Morgan fingerprint density at radius 3 is 2.59 bits per heavy atom. The quantitative estimate of drug-likeness (QED) is 0.515. The van der Waals surface area contributed by atoms with Gasteiger partial charge in [-0.15, -0.1) is 0 Å². The number of hydrogen-bond acceptors (Lipinski definition) is 4. The Morgan fingerprint density at radius 1 is 1.19 bits per heavy atom. The molecule has 3 aromatic rings.